The molecule has 3 rings (SSSR count). The lowest BCUT2D eigenvalue weighted by molar-refractivity contribution is 0.0594. The molecule has 0 amide bonds. The summed E-state index contributed by atoms with van der Waals surface area (Å²) >= 11 is 0. The number of aliphatic imine (C=N–C) groups is 1. The summed E-state index contributed by atoms with van der Waals surface area (Å²) in [5, 5.41) is 8.68. The van der Waals surface area contributed by atoms with Gasteiger partial charge in [0.15, 0.2) is 12.6 Å². The van der Waals surface area contributed by atoms with Crippen LogP contribution >= 0.6 is 0 Å². The Balaban J connectivity index is 2.05. The Morgan fingerprint density at radius 2 is 2.11 bits per heavy atom. The molecule has 0 fully saturated rings. The number of aliphatic hydroxyl groups is 1. The Kier molecular flexibility index (Phi) is 2.80. The van der Waals surface area contributed by atoms with Gasteiger partial charge in [-0.3, -0.25) is 9.79 Å². The van der Waals surface area contributed by atoms with E-state index in [1.165, 1.54) is 6.26 Å². The molecule has 1 aromatic carbocycles. The van der Waals surface area contributed by atoms with Crippen LogP contribution in [0.25, 0.3) is 5.70 Å². The maximum absolute atomic E-state index is 12.3. The first-order chi connectivity index (χ1) is 9.22. The zero-order valence-corrected chi connectivity index (χ0v) is 10.5. The molecular weight excluding hydrogens is 242 g/mol. The number of aliphatic hydroxyl groups excluding tert-OH is 1. The number of Topliss-reactive ketones (excluding diaryl/α,β-unsaturated/α-hetero) is 1. The highest BCUT2D eigenvalue weighted by atomic mass is 16.6. The number of fused-ring (bicyclic) bond motifs is 2. The van der Waals surface area contributed by atoms with E-state index in [2.05, 4.69) is 4.99 Å². The van der Waals surface area contributed by atoms with Crippen LogP contribution in [0.1, 0.15) is 29.3 Å². The minimum absolute atomic E-state index is 0.0387. The Bertz CT molecular complexity index is 653. The first-order valence-electron chi connectivity index (χ1n) is 6.07. The van der Waals surface area contributed by atoms with E-state index < -0.39 is 0 Å². The van der Waals surface area contributed by atoms with E-state index >= 15 is 0 Å². The van der Waals surface area contributed by atoms with Gasteiger partial charge in [0, 0.05) is 34.4 Å². The van der Waals surface area contributed by atoms with Gasteiger partial charge < -0.3 is 9.84 Å². The van der Waals surface area contributed by atoms with Crippen molar-refractivity contribution >= 4 is 17.2 Å². The third-order valence-electron chi connectivity index (χ3n) is 3.40. The minimum Gasteiger partial charge on any atom is -0.475 e. The van der Waals surface area contributed by atoms with Crippen molar-refractivity contribution in [1.29, 1.82) is 0 Å². The Hall–Kier alpha value is -2.20. The summed E-state index contributed by atoms with van der Waals surface area (Å²) < 4.78 is 4.88. The number of benzene rings is 1. The average molecular weight is 255 g/mol. The van der Waals surface area contributed by atoms with Gasteiger partial charge in [-0.05, 0) is 6.92 Å². The molecule has 96 valence electrons. The molecule has 0 spiro atoms. The largest absolute Gasteiger partial charge is 0.475 e. The fourth-order valence-corrected chi connectivity index (χ4v) is 2.43. The van der Waals surface area contributed by atoms with E-state index in [9.17, 15) is 4.79 Å². The zero-order chi connectivity index (χ0) is 13.4. The molecule has 0 radical (unpaired) electrons. The molecule has 1 aliphatic carbocycles. The summed E-state index contributed by atoms with van der Waals surface area (Å²) in [6.07, 6.45) is 1.97. The number of carbonyl (C=O) groups excluding carboxylic acids is 1. The number of ketones is 1. The number of hydrogen-bond acceptors (Lipinski definition) is 4. The molecule has 1 aromatic rings. The van der Waals surface area contributed by atoms with Crippen molar-refractivity contribution in [3.05, 3.63) is 52.8 Å². The molecule has 4 heteroatoms. The SMILES string of the molecule is CC1=NC2=C(CC1=COCO)C(=O)c1ccccc12. The number of nitrogens with zero attached hydrogens (tertiary/aromatic N) is 1. The van der Waals surface area contributed by atoms with Crippen LogP contribution in [0.4, 0.5) is 0 Å². The van der Waals surface area contributed by atoms with Gasteiger partial charge in [0.25, 0.3) is 0 Å². The highest BCUT2D eigenvalue weighted by Gasteiger charge is 2.32. The Morgan fingerprint density at radius 1 is 1.37 bits per heavy atom. The van der Waals surface area contributed by atoms with E-state index in [1.54, 1.807) is 0 Å². The second kappa shape index (κ2) is 4.48. The van der Waals surface area contributed by atoms with Crippen LogP contribution in [0, 0.1) is 0 Å². The van der Waals surface area contributed by atoms with E-state index in [0.29, 0.717) is 17.6 Å². The molecule has 0 unspecified atom stereocenters. The van der Waals surface area contributed by atoms with Gasteiger partial charge in [-0.1, -0.05) is 24.3 Å². The number of carbonyl (C=O) groups is 1. The predicted molar refractivity (Wildman–Crippen MR) is 71.7 cm³/mol. The Labute approximate surface area is 110 Å². The normalized spacial score (nSPS) is 19.4. The van der Waals surface area contributed by atoms with Crippen molar-refractivity contribution in [2.24, 2.45) is 4.99 Å². The van der Waals surface area contributed by atoms with Crippen LogP contribution < -0.4 is 0 Å². The van der Waals surface area contributed by atoms with E-state index in [0.717, 1.165) is 22.5 Å². The van der Waals surface area contributed by atoms with Gasteiger partial charge in [0.05, 0.1) is 12.0 Å². The van der Waals surface area contributed by atoms with Gasteiger partial charge in [-0.2, -0.15) is 0 Å². The van der Waals surface area contributed by atoms with Crippen LogP contribution in [-0.2, 0) is 4.74 Å². The molecule has 1 aliphatic heterocycles. The van der Waals surface area contributed by atoms with Crippen molar-refractivity contribution in [2.45, 2.75) is 13.3 Å². The summed E-state index contributed by atoms with van der Waals surface area (Å²) in [5.41, 5.74) is 4.75. The molecular formula is C15H13NO3. The number of allylic oxidation sites excluding steroid dienone is 2. The van der Waals surface area contributed by atoms with Crippen molar-refractivity contribution in [3.63, 3.8) is 0 Å². The lowest BCUT2D eigenvalue weighted by Crippen LogP contribution is -2.09. The molecule has 19 heavy (non-hydrogen) atoms. The third kappa shape index (κ3) is 1.81. The van der Waals surface area contributed by atoms with Gasteiger partial charge in [0.1, 0.15) is 0 Å². The summed E-state index contributed by atoms with van der Waals surface area (Å²) in [7, 11) is 0. The van der Waals surface area contributed by atoms with Crippen molar-refractivity contribution in [3.8, 4) is 0 Å². The minimum atomic E-state index is -0.378. The maximum atomic E-state index is 12.3. The molecule has 2 aliphatic rings. The van der Waals surface area contributed by atoms with Crippen molar-refractivity contribution < 1.29 is 14.6 Å². The van der Waals surface area contributed by atoms with Crippen LogP contribution in [-0.4, -0.2) is 23.4 Å². The fraction of sp³-hybridized carbons (Fsp3) is 0.200. The number of hydrogen-bond donors (Lipinski definition) is 1. The molecule has 1 heterocycles. The maximum Gasteiger partial charge on any atom is 0.192 e. The third-order valence-corrected chi connectivity index (χ3v) is 3.40. The van der Waals surface area contributed by atoms with E-state index in [4.69, 9.17) is 9.84 Å². The topological polar surface area (TPSA) is 58.9 Å². The average Bonchev–Trinajstić information content (AvgIpc) is 2.70. The van der Waals surface area contributed by atoms with E-state index in [1.807, 2.05) is 31.2 Å². The first kappa shape index (κ1) is 11.9. The van der Waals surface area contributed by atoms with Gasteiger partial charge in [-0.15, -0.1) is 0 Å². The Morgan fingerprint density at radius 3 is 2.84 bits per heavy atom. The predicted octanol–water partition coefficient (Wildman–Crippen LogP) is 2.31. The molecule has 0 bridgehead atoms. The molecule has 0 saturated heterocycles. The first-order valence-corrected chi connectivity index (χ1v) is 6.07. The summed E-state index contributed by atoms with van der Waals surface area (Å²) in [6, 6.07) is 7.52. The van der Waals surface area contributed by atoms with Crippen molar-refractivity contribution in [2.75, 3.05) is 6.79 Å². The quantitative estimate of drug-likeness (QED) is 0.651. The summed E-state index contributed by atoms with van der Waals surface area (Å²) in [6.45, 7) is 1.50. The number of rotatable bonds is 2. The smallest absolute Gasteiger partial charge is 0.192 e. The zero-order valence-electron chi connectivity index (χ0n) is 10.5. The molecule has 0 atom stereocenters. The molecule has 1 N–H and O–H groups in total. The second-order valence-electron chi connectivity index (χ2n) is 4.51. The summed E-state index contributed by atoms with van der Waals surface area (Å²) in [5.74, 6) is 0.0387. The van der Waals surface area contributed by atoms with Gasteiger partial charge >= 0.3 is 0 Å². The van der Waals surface area contributed by atoms with Crippen molar-refractivity contribution in [1.82, 2.24) is 0 Å². The monoisotopic (exact) mass is 255 g/mol. The second-order valence-corrected chi connectivity index (χ2v) is 4.51. The van der Waals surface area contributed by atoms with Crippen LogP contribution in [0.3, 0.4) is 0 Å². The highest BCUT2D eigenvalue weighted by molar-refractivity contribution is 6.24. The van der Waals surface area contributed by atoms with Crippen LogP contribution in [0.2, 0.25) is 0 Å². The molecule has 4 nitrogen and oxygen atoms in total. The van der Waals surface area contributed by atoms with Gasteiger partial charge in [0.2, 0.25) is 0 Å². The molecule has 0 saturated carbocycles. The lowest BCUT2D eigenvalue weighted by atomic mass is 9.97. The number of ether oxygens (including phenoxy) is 1. The standard InChI is InChI=1S/C15H13NO3/c1-9-10(7-19-8-17)6-13-14(16-9)11-4-2-3-5-12(11)15(13)18/h2-5,7,17H,6,8H2,1H3. The fourth-order valence-electron chi connectivity index (χ4n) is 2.43. The highest BCUT2D eigenvalue weighted by Crippen LogP contribution is 2.39. The van der Waals surface area contributed by atoms with E-state index in [-0.39, 0.29) is 12.6 Å². The van der Waals surface area contributed by atoms with Crippen LogP contribution in [0.15, 0.2) is 46.7 Å². The molecule has 0 aromatic heterocycles. The van der Waals surface area contributed by atoms with Crippen LogP contribution in [0.5, 0.6) is 0 Å². The van der Waals surface area contributed by atoms with Gasteiger partial charge in [-0.25, -0.2) is 0 Å². The lowest BCUT2D eigenvalue weighted by Gasteiger charge is -2.14. The summed E-state index contributed by atoms with van der Waals surface area (Å²) in [4.78, 5) is 16.8.